The highest BCUT2D eigenvalue weighted by Gasteiger charge is 2.18. The minimum atomic E-state index is 0.730. The van der Waals surface area contributed by atoms with E-state index < -0.39 is 0 Å². The number of aromatic nitrogens is 3. The maximum absolute atomic E-state index is 5.79. The molecule has 1 saturated heterocycles. The minimum absolute atomic E-state index is 0.730. The van der Waals surface area contributed by atoms with Gasteiger partial charge < -0.3 is 0 Å². The number of likely N-dealkylation sites (tertiary alicyclic amines) is 1. The van der Waals surface area contributed by atoms with Crippen molar-refractivity contribution < 1.29 is 0 Å². The molecule has 0 amide bonds. The normalized spacial score (nSPS) is 14.9. The number of benzene rings is 2. The van der Waals surface area contributed by atoms with E-state index in [9.17, 15) is 0 Å². The predicted octanol–water partition coefficient (Wildman–Crippen LogP) is 4.89. The Labute approximate surface area is 160 Å². The van der Waals surface area contributed by atoms with Crippen molar-refractivity contribution >= 4 is 28.1 Å². The Kier molecular flexibility index (Phi) is 4.83. The van der Waals surface area contributed by atoms with Crippen molar-refractivity contribution in [2.45, 2.75) is 19.5 Å². The van der Waals surface area contributed by atoms with Gasteiger partial charge in [-0.05, 0) is 62.4 Å². The number of hydrogen-bond acceptors (Lipinski definition) is 3. The van der Waals surface area contributed by atoms with Crippen LogP contribution >= 0.6 is 28.1 Å². The number of hydrogen-bond donors (Lipinski definition) is 0. The zero-order valence-corrected chi connectivity index (χ0v) is 16.2. The van der Waals surface area contributed by atoms with Gasteiger partial charge in [-0.1, -0.05) is 46.3 Å². The summed E-state index contributed by atoms with van der Waals surface area (Å²) < 4.78 is 5.79. The summed E-state index contributed by atoms with van der Waals surface area (Å²) >= 11 is 9.29. The molecule has 2 heterocycles. The summed E-state index contributed by atoms with van der Waals surface area (Å²) in [7, 11) is 0. The summed E-state index contributed by atoms with van der Waals surface area (Å²) in [6.45, 7) is 2.99. The van der Waals surface area contributed by atoms with E-state index in [2.05, 4.69) is 49.7 Å². The van der Waals surface area contributed by atoms with E-state index in [0.29, 0.717) is 0 Å². The van der Waals surface area contributed by atoms with Gasteiger partial charge in [0.1, 0.15) is 0 Å². The topological polar surface area (TPSA) is 26.0 Å². The molecule has 128 valence electrons. The lowest BCUT2D eigenvalue weighted by Crippen LogP contribution is -2.23. The van der Waals surface area contributed by atoms with Crippen molar-refractivity contribution in [2.24, 2.45) is 0 Å². The molecule has 1 aliphatic heterocycles. The van der Waals surface area contributed by atoms with Crippen molar-refractivity contribution in [1.82, 2.24) is 19.2 Å². The summed E-state index contributed by atoms with van der Waals surface area (Å²) in [6, 6.07) is 18.4. The van der Waals surface area contributed by atoms with Crippen molar-refractivity contribution in [3.8, 4) is 17.1 Å². The molecule has 25 heavy (non-hydrogen) atoms. The molecule has 3 aromatic rings. The first-order valence-corrected chi connectivity index (χ1v) is 9.66. The first-order chi connectivity index (χ1) is 12.2. The molecule has 1 fully saturated rings. The van der Waals surface area contributed by atoms with Gasteiger partial charge in [-0.3, -0.25) is 9.47 Å². The van der Waals surface area contributed by atoms with Gasteiger partial charge in [-0.25, -0.2) is 4.68 Å². The first kappa shape index (κ1) is 16.7. The second kappa shape index (κ2) is 7.23. The van der Waals surface area contributed by atoms with Crippen molar-refractivity contribution in [2.75, 3.05) is 13.1 Å². The molecule has 0 radical (unpaired) electrons. The fraction of sp³-hybridized carbons (Fsp3) is 0.263. The molecule has 1 aromatic heterocycles. The molecular weight excluding hydrogens is 396 g/mol. The van der Waals surface area contributed by atoms with E-state index >= 15 is 0 Å². The van der Waals surface area contributed by atoms with E-state index in [4.69, 9.17) is 17.3 Å². The van der Waals surface area contributed by atoms with Gasteiger partial charge in [0.05, 0.1) is 12.4 Å². The van der Waals surface area contributed by atoms with Crippen LogP contribution in [0.5, 0.6) is 0 Å². The predicted molar refractivity (Wildman–Crippen MR) is 106 cm³/mol. The van der Waals surface area contributed by atoms with Gasteiger partial charge in [-0.15, -0.1) is 5.10 Å². The maximum atomic E-state index is 5.79. The first-order valence-electron chi connectivity index (χ1n) is 8.46. The van der Waals surface area contributed by atoms with E-state index in [0.717, 1.165) is 46.1 Å². The van der Waals surface area contributed by atoms with Crippen LogP contribution in [0.3, 0.4) is 0 Å². The molecule has 2 aromatic carbocycles. The quantitative estimate of drug-likeness (QED) is 0.568. The molecule has 0 aliphatic carbocycles. The molecule has 4 nitrogen and oxygen atoms in total. The van der Waals surface area contributed by atoms with Gasteiger partial charge in [0.25, 0.3) is 0 Å². The fourth-order valence-electron chi connectivity index (χ4n) is 3.21. The van der Waals surface area contributed by atoms with Crippen LogP contribution in [-0.4, -0.2) is 32.3 Å². The average molecular weight is 415 g/mol. The Balaban J connectivity index is 1.83. The Morgan fingerprint density at radius 3 is 2.32 bits per heavy atom. The second-order valence-electron chi connectivity index (χ2n) is 6.25. The average Bonchev–Trinajstić information content (AvgIpc) is 3.26. The van der Waals surface area contributed by atoms with Crippen LogP contribution < -0.4 is 0 Å². The molecule has 4 rings (SSSR count). The summed E-state index contributed by atoms with van der Waals surface area (Å²) in [5, 5.41) is 4.86. The number of nitrogens with zero attached hydrogens (tertiary/aromatic N) is 4. The van der Waals surface area contributed by atoms with Crippen LogP contribution in [0.2, 0.25) is 0 Å². The van der Waals surface area contributed by atoms with Gasteiger partial charge >= 0.3 is 0 Å². The lowest BCUT2D eigenvalue weighted by Gasteiger charge is -2.13. The standard InChI is InChI=1S/C19H19BrN4S/c20-16-8-10-17(11-9-16)24-18(15-6-2-1-3-7-15)21-23(19(24)25)14-22-12-4-5-13-22/h1-3,6-11H,4-5,12-14H2. The third kappa shape index (κ3) is 3.47. The van der Waals surface area contributed by atoms with Crippen molar-refractivity contribution in [3.05, 3.63) is 63.8 Å². The zero-order valence-electron chi connectivity index (χ0n) is 13.8. The van der Waals surface area contributed by atoms with Gasteiger partial charge in [0.15, 0.2) is 5.82 Å². The largest absolute Gasteiger partial charge is 0.284 e. The zero-order chi connectivity index (χ0) is 17.2. The molecule has 0 unspecified atom stereocenters. The second-order valence-corrected chi connectivity index (χ2v) is 7.53. The van der Waals surface area contributed by atoms with Crippen molar-refractivity contribution in [3.63, 3.8) is 0 Å². The summed E-state index contributed by atoms with van der Waals surface area (Å²) in [5.74, 6) is 0.882. The van der Waals surface area contributed by atoms with Crippen LogP contribution in [0.4, 0.5) is 0 Å². The van der Waals surface area contributed by atoms with E-state index in [1.54, 1.807) is 0 Å². The monoisotopic (exact) mass is 414 g/mol. The lowest BCUT2D eigenvalue weighted by molar-refractivity contribution is 0.253. The Hall–Kier alpha value is -1.76. The molecule has 0 N–H and O–H groups in total. The lowest BCUT2D eigenvalue weighted by atomic mass is 10.2. The van der Waals surface area contributed by atoms with Crippen LogP contribution in [0.25, 0.3) is 17.1 Å². The van der Waals surface area contributed by atoms with Crippen molar-refractivity contribution in [1.29, 1.82) is 0 Å². The summed E-state index contributed by atoms with van der Waals surface area (Å²) in [5.41, 5.74) is 2.09. The van der Waals surface area contributed by atoms with E-state index in [1.807, 2.05) is 35.0 Å². The van der Waals surface area contributed by atoms with Gasteiger partial charge in [0.2, 0.25) is 4.77 Å². The third-order valence-corrected chi connectivity index (χ3v) is 5.41. The van der Waals surface area contributed by atoms with E-state index in [1.165, 1.54) is 12.8 Å². The highest BCUT2D eigenvalue weighted by molar-refractivity contribution is 9.10. The van der Waals surface area contributed by atoms with E-state index in [-0.39, 0.29) is 0 Å². The highest BCUT2D eigenvalue weighted by Crippen LogP contribution is 2.24. The molecule has 6 heteroatoms. The third-order valence-electron chi connectivity index (χ3n) is 4.49. The number of rotatable bonds is 4. The smallest absolute Gasteiger partial charge is 0.204 e. The fourth-order valence-corrected chi connectivity index (χ4v) is 3.77. The van der Waals surface area contributed by atoms with Crippen LogP contribution in [-0.2, 0) is 6.67 Å². The van der Waals surface area contributed by atoms with Gasteiger partial charge in [-0.2, -0.15) is 0 Å². The Bertz CT molecular complexity index is 909. The summed E-state index contributed by atoms with van der Waals surface area (Å²) in [6.07, 6.45) is 2.51. The Morgan fingerprint density at radius 1 is 0.960 bits per heavy atom. The van der Waals surface area contributed by atoms with Gasteiger partial charge in [0, 0.05) is 10.0 Å². The Morgan fingerprint density at radius 2 is 1.64 bits per heavy atom. The summed E-state index contributed by atoms with van der Waals surface area (Å²) in [4.78, 5) is 2.41. The highest BCUT2D eigenvalue weighted by atomic mass is 79.9. The van der Waals surface area contributed by atoms with Crippen LogP contribution in [0.15, 0.2) is 59.1 Å². The molecule has 0 atom stereocenters. The van der Waals surface area contributed by atoms with Crippen LogP contribution in [0.1, 0.15) is 12.8 Å². The molecular formula is C19H19BrN4S. The SMILES string of the molecule is S=c1n(CN2CCCC2)nc(-c2ccccc2)n1-c1ccc(Br)cc1. The maximum Gasteiger partial charge on any atom is 0.204 e. The molecule has 1 aliphatic rings. The van der Waals surface area contributed by atoms with Crippen LogP contribution in [0, 0.1) is 4.77 Å². The molecule has 0 bridgehead atoms. The molecule has 0 saturated carbocycles. The minimum Gasteiger partial charge on any atom is -0.284 e. The molecule has 0 spiro atoms. The number of halogens is 1.